The van der Waals surface area contributed by atoms with E-state index in [1.807, 2.05) is 13.8 Å². The van der Waals surface area contributed by atoms with E-state index >= 15 is 0 Å². The Balaban J connectivity index is 2.08. The minimum absolute atomic E-state index is 0.0628. The second kappa shape index (κ2) is 5.74. The maximum atomic E-state index is 11.8. The number of aromatic amines is 1. The van der Waals surface area contributed by atoms with Gasteiger partial charge in [-0.3, -0.25) is 0 Å². The van der Waals surface area contributed by atoms with Gasteiger partial charge < -0.3 is 4.74 Å². The minimum Gasteiger partial charge on any atom is -0.377 e. The number of rotatable bonds is 7. The number of aromatic nitrogens is 4. The van der Waals surface area contributed by atoms with Gasteiger partial charge in [-0.1, -0.05) is 5.21 Å². The summed E-state index contributed by atoms with van der Waals surface area (Å²) < 4.78 is 30.5. The molecular weight excluding hydrogens is 282 g/mol. The van der Waals surface area contributed by atoms with Gasteiger partial charge >= 0.3 is 0 Å². The molecule has 0 amide bonds. The number of hydrogen-bond donors (Lipinski definition) is 1. The van der Waals surface area contributed by atoms with Gasteiger partial charge in [-0.2, -0.15) is 9.52 Å². The second-order valence-corrected chi connectivity index (χ2v) is 7.55. The van der Waals surface area contributed by atoms with Gasteiger partial charge in [-0.15, -0.1) is 10.2 Å². The molecule has 0 bridgehead atoms. The van der Waals surface area contributed by atoms with E-state index in [-0.39, 0.29) is 24.0 Å². The molecular formula is C11H21N5O3S. The zero-order valence-electron chi connectivity index (χ0n) is 12.1. The number of nitrogens with one attached hydrogen (secondary N) is 1. The molecule has 0 radical (unpaired) electrons. The standard InChI is InChI=1S/C11H21N5O3S/c1-7(2)19-6-10(16(3)20(4,17)18)8-5-9(8)11-12-14-15-13-11/h7-10H,5-6H2,1-4H3,(H,12,13,14,15). The quantitative estimate of drug-likeness (QED) is 0.760. The molecule has 20 heavy (non-hydrogen) atoms. The van der Waals surface area contributed by atoms with Crippen molar-refractivity contribution in [3.8, 4) is 0 Å². The molecule has 9 heteroatoms. The van der Waals surface area contributed by atoms with E-state index in [2.05, 4.69) is 20.6 Å². The lowest BCUT2D eigenvalue weighted by molar-refractivity contribution is 0.0426. The third-order valence-electron chi connectivity index (χ3n) is 3.62. The molecule has 8 nitrogen and oxygen atoms in total. The van der Waals surface area contributed by atoms with E-state index in [1.54, 1.807) is 7.05 Å². The highest BCUT2D eigenvalue weighted by Crippen LogP contribution is 2.49. The number of H-pyrrole nitrogens is 1. The molecule has 3 unspecified atom stereocenters. The van der Waals surface area contributed by atoms with Gasteiger partial charge in [0.05, 0.1) is 25.0 Å². The summed E-state index contributed by atoms with van der Waals surface area (Å²) in [7, 11) is -1.67. The fraction of sp³-hybridized carbons (Fsp3) is 0.909. The Morgan fingerprint density at radius 2 is 2.20 bits per heavy atom. The highest BCUT2D eigenvalue weighted by atomic mass is 32.2. The molecule has 1 fully saturated rings. The van der Waals surface area contributed by atoms with E-state index in [0.29, 0.717) is 12.4 Å². The summed E-state index contributed by atoms with van der Waals surface area (Å²) in [6.45, 7) is 4.24. The summed E-state index contributed by atoms with van der Waals surface area (Å²) in [4.78, 5) is 0. The van der Waals surface area contributed by atoms with Gasteiger partial charge in [0.25, 0.3) is 0 Å². The van der Waals surface area contributed by atoms with E-state index in [4.69, 9.17) is 4.74 Å². The summed E-state index contributed by atoms with van der Waals surface area (Å²) in [5.41, 5.74) is 0. The lowest BCUT2D eigenvalue weighted by atomic mass is 10.1. The third-order valence-corrected chi connectivity index (χ3v) is 4.93. The first kappa shape index (κ1) is 15.3. The zero-order chi connectivity index (χ0) is 14.9. The number of nitrogens with zero attached hydrogens (tertiary/aromatic N) is 4. The zero-order valence-corrected chi connectivity index (χ0v) is 13.0. The first-order chi connectivity index (χ1) is 9.30. The predicted molar refractivity (Wildman–Crippen MR) is 72.5 cm³/mol. The van der Waals surface area contributed by atoms with Crippen molar-refractivity contribution in [2.24, 2.45) is 5.92 Å². The monoisotopic (exact) mass is 303 g/mol. The van der Waals surface area contributed by atoms with Crippen molar-refractivity contribution in [1.29, 1.82) is 0 Å². The van der Waals surface area contributed by atoms with Gasteiger partial charge in [0.1, 0.15) is 0 Å². The maximum absolute atomic E-state index is 11.8. The second-order valence-electron chi connectivity index (χ2n) is 5.50. The van der Waals surface area contributed by atoms with Gasteiger partial charge in [0, 0.05) is 13.0 Å². The van der Waals surface area contributed by atoms with E-state index in [1.165, 1.54) is 10.6 Å². The molecule has 1 saturated carbocycles. The predicted octanol–water partition coefficient (Wildman–Crippen LogP) is -0.0118. The molecule has 0 aromatic carbocycles. The first-order valence-corrected chi connectivity index (χ1v) is 8.43. The van der Waals surface area contributed by atoms with Crippen LogP contribution in [-0.4, -0.2) is 65.4 Å². The third kappa shape index (κ3) is 3.53. The van der Waals surface area contributed by atoms with Crippen LogP contribution in [0.5, 0.6) is 0 Å². The number of hydrogen-bond acceptors (Lipinski definition) is 6. The molecule has 2 rings (SSSR count). The Hall–Kier alpha value is -1.06. The largest absolute Gasteiger partial charge is 0.377 e. The number of sulfonamides is 1. The summed E-state index contributed by atoms with van der Waals surface area (Å²) in [6, 6.07) is -0.198. The summed E-state index contributed by atoms with van der Waals surface area (Å²) >= 11 is 0. The lowest BCUT2D eigenvalue weighted by Crippen LogP contribution is -2.41. The van der Waals surface area contributed by atoms with E-state index < -0.39 is 10.0 Å². The van der Waals surface area contributed by atoms with Crippen molar-refractivity contribution in [2.45, 2.75) is 38.3 Å². The van der Waals surface area contributed by atoms with Crippen LogP contribution in [-0.2, 0) is 14.8 Å². The minimum atomic E-state index is -3.26. The van der Waals surface area contributed by atoms with Crippen LogP contribution in [0.2, 0.25) is 0 Å². The Kier molecular flexibility index (Phi) is 4.40. The molecule has 1 aliphatic rings. The van der Waals surface area contributed by atoms with Crippen LogP contribution in [0.15, 0.2) is 0 Å². The van der Waals surface area contributed by atoms with Gasteiger partial charge in [0.2, 0.25) is 10.0 Å². The Morgan fingerprint density at radius 1 is 1.50 bits per heavy atom. The van der Waals surface area contributed by atoms with Crippen molar-refractivity contribution in [3.63, 3.8) is 0 Å². The van der Waals surface area contributed by atoms with Crippen molar-refractivity contribution >= 4 is 10.0 Å². The summed E-state index contributed by atoms with van der Waals surface area (Å²) in [5.74, 6) is 0.969. The van der Waals surface area contributed by atoms with Crippen molar-refractivity contribution < 1.29 is 13.2 Å². The Labute approximate surface area is 118 Å². The SMILES string of the molecule is CC(C)OCC(C1CC1c1nn[nH]n1)N(C)S(C)(=O)=O. The number of ether oxygens (including phenoxy) is 1. The molecule has 0 aliphatic heterocycles. The lowest BCUT2D eigenvalue weighted by Gasteiger charge is -2.27. The first-order valence-electron chi connectivity index (χ1n) is 6.58. The fourth-order valence-corrected chi connectivity index (χ4v) is 3.01. The normalized spacial score (nSPS) is 24.3. The maximum Gasteiger partial charge on any atom is 0.211 e. The molecule has 114 valence electrons. The van der Waals surface area contributed by atoms with Crippen LogP contribution in [0, 0.1) is 5.92 Å². The highest BCUT2D eigenvalue weighted by molar-refractivity contribution is 7.88. The number of tetrazole rings is 1. The molecule has 1 N–H and O–H groups in total. The van der Waals surface area contributed by atoms with Crippen LogP contribution in [0.3, 0.4) is 0 Å². The van der Waals surface area contributed by atoms with Gasteiger partial charge in [-0.05, 0) is 26.2 Å². The topological polar surface area (TPSA) is 101 Å². The average molecular weight is 303 g/mol. The Bertz CT molecular complexity index is 530. The molecule has 1 aromatic heterocycles. The Morgan fingerprint density at radius 3 is 2.70 bits per heavy atom. The van der Waals surface area contributed by atoms with E-state index in [9.17, 15) is 8.42 Å². The van der Waals surface area contributed by atoms with Crippen LogP contribution in [0.25, 0.3) is 0 Å². The van der Waals surface area contributed by atoms with Crippen LogP contribution < -0.4 is 0 Å². The molecule has 1 aliphatic carbocycles. The molecule has 1 aromatic rings. The fourth-order valence-electron chi connectivity index (χ4n) is 2.30. The van der Waals surface area contributed by atoms with Gasteiger partial charge in [-0.25, -0.2) is 8.42 Å². The molecule has 3 atom stereocenters. The molecule has 1 heterocycles. The van der Waals surface area contributed by atoms with Gasteiger partial charge in [0.15, 0.2) is 5.82 Å². The summed E-state index contributed by atoms with van der Waals surface area (Å²) in [5, 5.41) is 13.9. The van der Waals surface area contributed by atoms with Crippen LogP contribution >= 0.6 is 0 Å². The van der Waals surface area contributed by atoms with Crippen LogP contribution in [0.1, 0.15) is 32.0 Å². The number of likely N-dealkylation sites (N-methyl/N-ethyl adjacent to an activating group) is 1. The van der Waals surface area contributed by atoms with Crippen LogP contribution in [0.4, 0.5) is 0 Å². The molecule has 0 spiro atoms. The molecule has 0 saturated heterocycles. The average Bonchev–Trinajstić information content (AvgIpc) is 2.93. The smallest absolute Gasteiger partial charge is 0.211 e. The van der Waals surface area contributed by atoms with E-state index in [0.717, 1.165) is 6.42 Å². The van der Waals surface area contributed by atoms with Crippen molar-refractivity contribution in [1.82, 2.24) is 24.9 Å². The highest BCUT2D eigenvalue weighted by Gasteiger charge is 2.49. The summed E-state index contributed by atoms with van der Waals surface area (Å²) in [6.07, 6.45) is 2.12. The van der Waals surface area contributed by atoms with Crippen molar-refractivity contribution in [3.05, 3.63) is 5.82 Å². The van der Waals surface area contributed by atoms with Crippen molar-refractivity contribution in [2.75, 3.05) is 19.9 Å².